The average Bonchev–Trinajstić information content (AvgIpc) is 2.55. The van der Waals surface area contributed by atoms with E-state index in [9.17, 15) is 15.0 Å². The summed E-state index contributed by atoms with van der Waals surface area (Å²) in [4.78, 5) is 12.4. The number of carbonyl (C=O) groups excluding carboxylic acids is 1. The van der Waals surface area contributed by atoms with Crippen molar-refractivity contribution in [2.75, 3.05) is 14.2 Å². The number of phenols is 2. The minimum atomic E-state index is -0.555. The molecule has 23 heavy (non-hydrogen) atoms. The fraction of sp³-hybridized carbons (Fsp3) is 0.235. The van der Waals surface area contributed by atoms with Crippen molar-refractivity contribution in [3.63, 3.8) is 0 Å². The molecule has 2 aromatic carbocycles. The van der Waals surface area contributed by atoms with Crippen LogP contribution in [-0.4, -0.2) is 30.2 Å². The summed E-state index contributed by atoms with van der Waals surface area (Å²) in [6.45, 7) is 0. The smallest absolute Gasteiger partial charge is 0.203 e. The molecule has 0 amide bonds. The molecule has 0 bridgehead atoms. The molecule has 3 rings (SSSR count). The van der Waals surface area contributed by atoms with Crippen LogP contribution in [0.2, 0.25) is 0 Å². The van der Waals surface area contributed by atoms with E-state index in [-0.39, 0.29) is 35.2 Å². The highest BCUT2D eigenvalue weighted by Crippen LogP contribution is 2.46. The lowest BCUT2D eigenvalue weighted by molar-refractivity contribution is 0.0841. The Morgan fingerprint density at radius 2 is 1.83 bits per heavy atom. The molecule has 2 N–H and O–H groups in total. The van der Waals surface area contributed by atoms with Gasteiger partial charge in [-0.05, 0) is 29.8 Å². The van der Waals surface area contributed by atoms with Crippen LogP contribution in [0.15, 0.2) is 30.3 Å². The van der Waals surface area contributed by atoms with E-state index in [2.05, 4.69) is 0 Å². The van der Waals surface area contributed by atoms with E-state index in [0.717, 1.165) is 0 Å². The first-order chi connectivity index (χ1) is 11.0. The second-order valence-corrected chi connectivity index (χ2v) is 5.16. The summed E-state index contributed by atoms with van der Waals surface area (Å²) in [6.07, 6.45) is -0.408. The summed E-state index contributed by atoms with van der Waals surface area (Å²) in [7, 11) is 2.85. The highest BCUT2D eigenvalue weighted by Gasteiger charge is 2.31. The monoisotopic (exact) mass is 316 g/mol. The summed E-state index contributed by atoms with van der Waals surface area (Å²) in [5.74, 6) is 0.456. The third-order valence-corrected chi connectivity index (χ3v) is 3.80. The van der Waals surface area contributed by atoms with Gasteiger partial charge in [0.2, 0.25) is 5.75 Å². The molecular formula is C17H16O6. The highest BCUT2D eigenvalue weighted by molar-refractivity contribution is 6.01. The molecule has 0 aliphatic carbocycles. The molecule has 1 aliphatic heterocycles. The Hall–Kier alpha value is -2.89. The molecule has 0 fully saturated rings. The van der Waals surface area contributed by atoms with Crippen molar-refractivity contribution in [2.45, 2.75) is 12.5 Å². The molecular weight excluding hydrogens is 300 g/mol. The highest BCUT2D eigenvalue weighted by atomic mass is 16.5. The summed E-state index contributed by atoms with van der Waals surface area (Å²) in [6, 6.07) is 7.69. The van der Waals surface area contributed by atoms with Gasteiger partial charge in [0.1, 0.15) is 6.10 Å². The number of benzene rings is 2. The number of ketones is 1. The molecule has 1 atom stereocenters. The number of methoxy groups -OCH3 is 2. The van der Waals surface area contributed by atoms with Crippen LogP contribution < -0.4 is 14.2 Å². The molecule has 1 unspecified atom stereocenters. The quantitative estimate of drug-likeness (QED) is 0.905. The third kappa shape index (κ3) is 2.52. The van der Waals surface area contributed by atoms with Crippen molar-refractivity contribution in [3.8, 4) is 28.7 Å². The van der Waals surface area contributed by atoms with Gasteiger partial charge in [-0.25, -0.2) is 0 Å². The Labute approximate surface area is 132 Å². The van der Waals surface area contributed by atoms with Gasteiger partial charge < -0.3 is 24.4 Å². The van der Waals surface area contributed by atoms with E-state index < -0.39 is 6.10 Å². The first-order valence-electron chi connectivity index (χ1n) is 7.02. The first kappa shape index (κ1) is 15.0. The van der Waals surface area contributed by atoms with Crippen LogP contribution in [0.1, 0.15) is 28.4 Å². The number of rotatable bonds is 3. The molecule has 6 nitrogen and oxygen atoms in total. The SMILES string of the molecule is COc1cc(C2CC(=O)c3ccc(O)c(OC)c3O2)ccc1O. The van der Waals surface area contributed by atoms with Crippen LogP contribution in [0.25, 0.3) is 0 Å². The zero-order valence-electron chi connectivity index (χ0n) is 12.7. The number of fused-ring (bicyclic) bond motifs is 1. The second kappa shape index (κ2) is 5.72. The van der Waals surface area contributed by atoms with Crippen LogP contribution >= 0.6 is 0 Å². The number of ether oxygens (including phenoxy) is 3. The second-order valence-electron chi connectivity index (χ2n) is 5.16. The summed E-state index contributed by atoms with van der Waals surface area (Å²) in [5.41, 5.74) is 1.06. The van der Waals surface area contributed by atoms with Crippen molar-refractivity contribution >= 4 is 5.78 Å². The maximum atomic E-state index is 12.4. The zero-order chi connectivity index (χ0) is 16.6. The first-order valence-corrected chi connectivity index (χ1v) is 7.02. The number of hydrogen-bond acceptors (Lipinski definition) is 6. The van der Waals surface area contributed by atoms with E-state index in [4.69, 9.17) is 14.2 Å². The predicted octanol–water partition coefficient (Wildman–Crippen LogP) is 2.82. The van der Waals surface area contributed by atoms with Gasteiger partial charge in [0.15, 0.2) is 28.8 Å². The van der Waals surface area contributed by atoms with Crippen molar-refractivity contribution in [3.05, 3.63) is 41.5 Å². The molecule has 0 saturated heterocycles. The van der Waals surface area contributed by atoms with Gasteiger partial charge in [0.05, 0.1) is 26.2 Å². The summed E-state index contributed by atoms with van der Waals surface area (Å²) >= 11 is 0. The van der Waals surface area contributed by atoms with Crippen LogP contribution in [0.3, 0.4) is 0 Å². The van der Waals surface area contributed by atoms with Gasteiger partial charge in [-0.2, -0.15) is 0 Å². The zero-order valence-corrected chi connectivity index (χ0v) is 12.7. The van der Waals surface area contributed by atoms with Crippen LogP contribution in [0, 0.1) is 0 Å². The maximum Gasteiger partial charge on any atom is 0.203 e. The van der Waals surface area contributed by atoms with E-state index in [1.807, 2.05) is 0 Å². The van der Waals surface area contributed by atoms with Crippen LogP contribution in [-0.2, 0) is 0 Å². The summed E-state index contributed by atoms with van der Waals surface area (Å²) in [5, 5.41) is 19.5. The number of phenolic OH excluding ortho intramolecular Hbond substituents is 2. The number of Topliss-reactive ketones (excluding diaryl/α,β-unsaturated/α-hetero) is 1. The number of carbonyl (C=O) groups is 1. The topological polar surface area (TPSA) is 85.2 Å². The summed E-state index contributed by atoms with van der Waals surface area (Å²) < 4.78 is 16.1. The van der Waals surface area contributed by atoms with E-state index in [1.54, 1.807) is 12.1 Å². The van der Waals surface area contributed by atoms with E-state index >= 15 is 0 Å². The Bertz CT molecular complexity index is 768. The Balaban J connectivity index is 2.03. The van der Waals surface area contributed by atoms with Crippen molar-refractivity contribution in [1.82, 2.24) is 0 Å². The van der Waals surface area contributed by atoms with E-state index in [0.29, 0.717) is 16.9 Å². The molecule has 1 heterocycles. The van der Waals surface area contributed by atoms with Crippen LogP contribution in [0.5, 0.6) is 28.7 Å². The lowest BCUT2D eigenvalue weighted by atomic mass is 9.95. The van der Waals surface area contributed by atoms with Gasteiger partial charge in [0, 0.05) is 0 Å². The fourth-order valence-corrected chi connectivity index (χ4v) is 2.63. The minimum absolute atomic E-state index is 0.00834. The average molecular weight is 316 g/mol. The Morgan fingerprint density at radius 1 is 1.09 bits per heavy atom. The Morgan fingerprint density at radius 3 is 2.52 bits per heavy atom. The van der Waals surface area contributed by atoms with Gasteiger partial charge in [0.25, 0.3) is 0 Å². The predicted molar refractivity (Wildman–Crippen MR) is 81.6 cm³/mol. The minimum Gasteiger partial charge on any atom is -0.504 e. The number of hydrogen-bond donors (Lipinski definition) is 2. The van der Waals surface area contributed by atoms with Gasteiger partial charge in [-0.1, -0.05) is 6.07 Å². The molecule has 0 radical (unpaired) electrons. The van der Waals surface area contributed by atoms with Gasteiger partial charge in [-0.15, -0.1) is 0 Å². The number of aromatic hydroxyl groups is 2. The lowest BCUT2D eigenvalue weighted by Gasteiger charge is -2.27. The van der Waals surface area contributed by atoms with Gasteiger partial charge >= 0.3 is 0 Å². The van der Waals surface area contributed by atoms with Crippen molar-refractivity contribution in [2.24, 2.45) is 0 Å². The van der Waals surface area contributed by atoms with Gasteiger partial charge in [-0.3, -0.25) is 4.79 Å². The van der Waals surface area contributed by atoms with Crippen molar-refractivity contribution < 1.29 is 29.2 Å². The maximum absolute atomic E-state index is 12.4. The normalized spacial score (nSPS) is 16.4. The molecule has 120 valence electrons. The molecule has 0 saturated carbocycles. The fourth-order valence-electron chi connectivity index (χ4n) is 2.63. The lowest BCUT2D eigenvalue weighted by Crippen LogP contribution is -2.21. The molecule has 0 spiro atoms. The molecule has 6 heteroatoms. The van der Waals surface area contributed by atoms with Crippen LogP contribution in [0.4, 0.5) is 0 Å². The Kier molecular flexibility index (Phi) is 3.73. The standard InChI is InChI=1S/C17H16O6/c1-21-15-7-9(3-5-11(15)18)14-8-13(20)10-4-6-12(19)17(22-2)16(10)23-14/h3-7,14,18-19H,8H2,1-2H3. The van der Waals surface area contributed by atoms with E-state index in [1.165, 1.54) is 32.4 Å². The molecule has 2 aromatic rings. The largest absolute Gasteiger partial charge is 0.504 e. The molecule has 1 aliphatic rings. The third-order valence-electron chi connectivity index (χ3n) is 3.80. The molecule has 0 aromatic heterocycles. The van der Waals surface area contributed by atoms with Crippen molar-refractivity contribution in [1.29, 1.82) is 0 Å².